The molecule has 10 heteroatoms. The first-order valence-corrected chi connectivity index (χ1v) is 11.6. The molecule has 3 rings (SSSR count). The van der Waals surface area contributed by atoms with Crippen molar-refractivity contribution >= 4 is 33.3 Å². The van der Waals surface area contributed by atoms with Gasteiger partial charge in [0.1, 0.15) is 16.9 Å². The summed E-state index contributed by atoms with van der Waals surface area (Å²) < 4.78 is 55.6. The predicted octanol–water partition coefficient (Wildman–Crippen LogP) is 4.47. The van der Waals surface area contributed by atoms with Gasteiger partial charge >= 0.3 is 0 Å². The molecule has 0 saturated heterocycles. The summed E-state index contributed by atoms with van der Waals surface area (Å²) in [5, 5.41) is -1.34. The summed E-state index contributed by atoms with van der Waals surface area (Å²) >= 11 is 5.86. The second-order valence-corrected chi connectivity index (χ2v) is 9.73. The van der Waals surface area contributed by atoms with Gasteiger partial charge in [-0.2, -0.15) is 0 Å². The molecule has 0 spiro atoms. The van der Waals surface area contributed by atoms with Crippen LogP contribution in [0, 0.1) is 11.6 Å². The van der Waals surface area contributed by atoms with E-state index < -0.39 is 44.1 Å². The van der Waals surface area contributed by atoms with Crippen molar-refractivity contribution in [3.05, 3.63) is 94.3 Å². The molecule has 0 fully saturated rings. The summed E-state index contributed by atoms with van der Waals surface area (Å²) in [6, 6.07) is 10.7. The Kier molecular flexibility index (Phi) is 7.24. The summed E-state index contributed by atoms with van der Waals surface area (Å²) in [7, 11) is -4.27. The number of rotatable bonds is 6. The Morgan fingerprint density at radius 3 is 2.18 bits per heavy atom. The molecule has 0 aliphatic carbocycles. The van der Waals surface area contributed by atoms with Crippen LogP contribution in [0.2, 0.25) is 5.02 Å². The topological polar surface area (TPSA) is 84.4 Å². The summed E-state index contributed by atoms with van der Waals surface area (Å²) in [6.45, 7) is 2.41. The standard InChI is InChI=1S/C23H19ClF2N2O4S/c1-14(29)28(15(2)30)13-16-3-10-22(27-12-16)23(20-11-18(25)6-9-21(20)26)33(31,32)19-7-4-17(24)5-8-19/h3-12,23H,13H2,1-2H3. The number of amides is 2. The minimum atomic E-state index is -4.27. The Balaban J connectivity index is 2.10. The monoisotopic (exact) mass is 492 g/mol. The summed E-state index contributed by atoms with van der Waals surface area (Å²) in [6.07, 6.45) is 1.29. The molecule has 0 aliphatic rings. The largest absolute Gasteiger partial charge is 0.279 e. The third-order valence-corrected chi connectivity index (χ3v) is 7.21. The average molecular weight is 493 g/mol. The maximum atomic E-state index is 14.7. The number of halogens is 3. The normalized spacial score (nSPS) is 12.3. The summed E-state index contributed by atoms with van der Waals surface area (Å²) in [5.41, 5.74) is -0.0128. The number of nitrogens with zero attached hydrogens (tertiary/aromatic N) is 2. The van der Waals surface area contributed by atoms with Crippen LogP contribution in [0.15, 0.2) is 65.7 Å². The highest BCUT2D eigenvalue weighted by molar-refractivity contribution is 7.91. The van der Waals surface area contributed by atoms with Crippen LogP contribution in [0.5, 0.6) is 0 Å². The van der Waals surface area contributed by atoms with Crippen molar-refractivity contribution in [2.45, 2.75) is 30.5 Å². The third-order valence-electron chi connectivity index (χ3n) is 4.91. The average Bonchev–Trinajstić information content (AvgIpc) is 2.75. The zero-order valence-corrected chi connectivity index (χ0v) is 19.2. The Morgan fingerprint density at radius 2 is 1.64 bits per heavy atom. The molecule has 172 valence electrons. The van der Waals surface area contributed by atoms with E-state index in [1.165, 1.54) is 56.4 Å². The lowest BCUT2D eigenvalue weighted by molar-refractivity contribution is -0.142. The fourth-order valence-electron chi connectivity index (χ4n) is 3.27. The first-order chi connectivity index (χ1) is 15.5. The molecule has 3 aromatic rings. The van der Waals surface area contributed by atoms with Gasteiger partial charge in [-0.3, -0.25) is 19.5 Å². The van der Waals surface area contributed by atoms with Crippen LogP contribution < -0.4 is 0 Å². The highest BCUT2D eigenvalue weighted by Gasteiger charge is 2.34. The SMILES string of the molecule is CC(=O)N(Cc1ccc(C(c2cc(F)ccc2F)S(=O)(=O)c2ccc(Cl)cc2)nc1)C(C)=O. The number of aromatic nitrogens is 1. The van der Waals surface area contributed by atoms with Crippen LogP contribution >= 0.6 is 11.6 Å². The molecular weight excluding hydrogens is 474 g/mol. The van der Waals surface area contributed by atoms with Crippen molar-refractivity contribution < 1.29 is 26.8 Å². The fraction of sp³-hybridized carbons (Fsp3) is 0.174. The summed E-state index contributed by atoms with van der Waals surface area (Å²) in [5.74, 6) is -2.64. The van der Waals surface area contributed by atoms with Gasteiger partial charge < -0.3 is 0 Å². The molecule has 33 heavy (non-hydrogen) atoms. The van der Waals surface area contributed by atoms with Gasteiger partial charge in [-0.1, -0.05) is 17.7 Å². The number of hydrogen-bond acceptors (Lipinski definition) is 5. The Bertz CT molecular complexity index is 1280. The number of benzene rings is 2. The molecular formula is C23H19ClF2N2O4S. The quantitative estimate of drug-likeness (QED) is 0.507. The lowest BCUT2D eigenvalue weighted by atomic mass is 10.1. The fourth-order valence-corrected chi connectivity index (χ4v) is 5.16. The van der Waals surface area contributed by atoms with Crippen molar-refractivity contribution in [1.82, 2.24) is 9.88 Å². The van der Waals surface area contributed by atoms with Gasteiger partial charge in [0.05, 0.1) is 17.1 Å². The minimum Gasteiger partial charge on any atom is -0.279 e. The van der Waals surface area contributed by atoms with Crippen molar-refractivity contribution in [3.63, 3.8) is 0 Å². The van der Waals surface area contributed by atoms with E-state index in [-0.39, 0.29) is 17.1 Å². The predicted molar refractivity (Wildman–Crippen MR) is 118 cm³/mol. The highest BCUT2D eigenvalue weighted by Crippen LogP contribution is 2.36. The number of carbonyl (C=O) groups is 2. The molecule has 1 unspecified atom stereocenters. The van der Waals surface area contributed by atoms with Crippen LogP contribution in [0.4, 0.5) is 8.78 Å². The molecule has 0 N–H and O–H groups in total. The molecule has 2 amide bonds. The van der Waals surface area contributed by atoms with Gasteiger partial charge in [0.2, 0.25) is 11.8 Å². The summed E-state index contributed by atoms with van der Waals surface area (Å²) in [4.78, 5) is 28.3. The van der Waals surface area contributed by atoms with Gasteiger partial charge in [-0.15, -0.1) is 0 Å². The lowest BCUT2D eigenvalue weighted by Gasteiger charge is -2.20. The molecule has 2 aromatic carbocycles. The first-order valence-electron chi connectivity index (χ1n) is 9.68. The molecule has 0 saturated carbocycles. The molecule has 0 radical (unpaired) electrons. The van der Waals surface area contributed by atoms with E-state index in [4.69, 9.17) is 11.6 Å². The number of hydrogen-bond donors (Lipinski definition) is 0. The van der Waals surface area contributed by atoms with Crippen LogP contribution in [-0.2, 0) is 26.0 Å². The second-order valence-electron chi connectivity index (χ2n) is 7.26. The lowest BCUT2D eigenvalue weighted by Crippen LogP contribution is -2.32. The maximum absolute atomic E-state index is 14.7. The molecule has 1 aromatic heterocycles. The number of sulfone groups is 1. The van der Waals surface area contributed by atoms with Gasteiger partial charge in [-0.25, -0.2) is 17.2 Å². The third kappa shape index (κ3) is 5.43. The van der Waals surface area contributed by atoms with E-state index >= 15 is 0 Å². The van der Waals surface area contributed by atoms with Gasteiger partial charge in [0.15, 0.2) is 9.84 Å². The number of carbonyl (C=O) groups excluding carboxylic acids is 2. The van der Waals surface area contributed by atoms with E-state index in [0.29, 0.717) is 10.6 Å². The Labute approximate surface area is 194 Å². The second kappa shape index (κ2) is 9.76. The van der Waals surface area contributed by atoms with Crippen molar-refractivity contribution in [1.29, 1.82) is 0 Å². The van der Waals surface area contributed by atoms with Crippen LogP contribution in [0.25, 0.3) is 0 Å². The maximum Gasteiger partial charge on any atom is 0.226 e. The smallest absolute Gasteiger partial charge is 0.226 e. The van der Waals surface area contributed by atoms with Crippen LogP contribution in [0.1, 0.15) is 35.9 Å². The van der Waals surface area contributed by atoms with E-state index in [1.54, 1.807) is 0 Å². The van der Waals surface area contributed by atoms with Crippen LogP contribution in [-0.4, -0.2) is 30.1 Å². The highest BCUT2D eigenvalue weighted by atomic mass is 35.5. The van der Waals surface area contributed by atoms with Crippen molar-refractivity contribution in [3.8, 4) is 0 Å². The van der Waals surface area contributed by atoms with Crippen molar-refractivity contribution in [2.75, 3.05) is 0 Å². The van der Waals surface area contributed by atoms with Gasteiger partial charge in [-0.05, 0) is 54.1 Å². The van der Waals surface area contributed by atoms with Crippen LogP contribution in [0.3, 0.4) is 0 Å². The van der Waals surface area contributed by atoms with E-state index in [9.17, 15) is 26.8 Å². The molecule has 1 heterocycles. The van der Waals surface area contributed by atoms with E-state index in [2.05, 4.69) is 4.98 Å². The zero-order valence-electron chi connectivity index (χ0n) is 17.6. The van der Waals surface area contributed by atoms with Gasteiger partial charge in [0.25, 0.3) is 0 Å². The Morgan fingerprint density at radius 1 is 1.00 bits per heavy atom. The molecule has 1 atom stereocenters. The Hall–Kier alpha value is -3.17. The first kappa shape index (κ1) is 24.5. The number of imide groups is 1. The van der Waals surface area contributed by atoms with Gasteiger partial charge in [0, 0.05) is 30.6 Å². The zero-order chi connectivity index (χ0) is 24.3. The minimum absolute atomic E-state index is 0.0598. The van der Waals surface area contributed by atoms with E-state index in [0.717, 1.165) is 23.1 Å². The molecule has 0 aliphatic heterocycles. The molecule has 6 nitrogen and oxygen atoms in total. The molecule has 0 bridgehead atoms. The van der Waals surface area contributed by atoms with E-state index in [1.807, 2.05) is 0 Å². The number of pyridine rings is 1. The van der Waals surface area contributed by atoms with Crippen molar-refractivity contribution in [2.24, 2.45) is 0 Å².